The van der Waals surface area contributed by atoms with Gasteiger partial charge >= 0.3 is 5.97 Å². The van der Waals surface area contributed by atoms with E-state index < -0.39 is 11.7 Å². The number of ether oxygens (including phenoxy) is 2. The third-order valence-electron chi connectivity index (χ3n) is 2.84. The summed E-state index contributed by atoms with van der Waals surface area (Å²) in [6.45, 7) is 0. The molecule has 0 fully saturated rings. The fourth-order valence-corrected chi connectivity index (χ4v) is 1.86. The van der Waals surface area contributed by atoms with Gasteiger partial charge in [0.25, 0.3) is 0 Å². The summed E-state index contributed by atoms with van der Waals surface area (Å²) in [6.07, 6.45) is 1.17. The molecule has 2 rings (SSSR count). The molecule has 2 N–H and O–H groups in total. The van der Waals surface area contributed by atoms with Gasteiger partial charge in [-0.15, -0.1) is 0 Å². The molecule has 0 aliphatic heterocycles. The highest BCUT2D eigenvalue weighted by Gasteiger charge is 2.15. The standard InChI is InChI=1S/C17H15ClN2O4/c1-23-13-7-9-14(10-8-13)24-16(17(21)22)15(18)11-19-20-12-5-3-2-4-6-12/h2-11,20H,1H3,(H,21,22)/b16-15-,19-11?. The zero-order valence-electron chi connectivity index (χ0n) is 12.8. The number of hydrazone groups is 1. The van der Waals surface area contributed by atoms with Gasteiger partial charge in [0.2, 0.25) is 5.76 Å². The van der Waals surface area contributed by atoms with Crippen LogP contribution in [-0.2, 0) is 4.79 Å². The Morgan fingerprint density at radius 1 is 1.12 bits per heavy atom. The van der Waals surface area contributed by atoms with Gasteiger partial charge in [-0.1, -0.05) is 29.8 Å². The second-order valence-electron chi connectivity index (χ2n) is 4.50. The van der Waals surface area contributed by atoms with E-state index in [9.17, 15) is 9.90 Å². The minimum absolute atomic E-state index is 0.151. The van der Waals surface area contributed by atoms with E-state index in [2.05, 4.69) is 10.5 Å². The fraction of sp³-hybridized carbons (Fsp3) is 0.0588. The lowest BCUT2D eigenvalue weighted by molar-refractivity contribution is -0.135. The first-order valence-electron chi connectivity index (χ1n) is 6.89. The predicted molar refractivity (Wildman–Crippen MR) is 92.7 cm³/mol. The fourth-order valence-electron chi connectivity index (χ4n) is 1.69. The van der Waals surface area contributed by atoms with Crippen LogP contribution >= 0.6 is 11.6 Å². The number of nitrogens with zero attached hydrogens (tertiary/aromatic N) is 1. The molecule has 6 nitrogen and oxygen atoms in total. The van der Waals surface area contributed by atoms with Crippen LogP contribution in [0.1, 0.15) is 0 Å². The Hall–Kier alpha value is -2.99. The van der Waals surface area contributed by atoms with Crippen LogP contribution in [0.4, 0.5) is 5.69 Å². The summed E-state index contributed by atoms with van der Waals surface area (Å²) in [5, 5.41) is 13.0. The molecule has 0 spiro atoms. The van der Waals surface area contributed by atoms with E-state index in [0.717, 1.165) is 5.69 Å². The molecule has 2 aromatic rings. The van der Waals surface area contributed by atoms with Crippen LogP contribution in [0.5, 0.6) is 11.5 Å². The molecule has 0 bridgehead atoms. The molecule has 7 heteroatoms. The van der Waals surface area contributed by atoms with Crippen LogP contribution in [0.2, 0.25) is 0 Å². The van der Waals surface area contributed by atoms with Crippen LogP contribution in [0.25, 0.3) is 0 Å². The average Bonchev–Trinajstić information content (AvgIpc) is 2.60. The number of aliphatic carboxylic acids is 1. The second kappa shape index (κ2) is 8.59. The smallest absolute Gasteiger partial charge is 0.373 e. The first kappa shape index (κ1) is 17.4. The van der Waals surface area contributed by atoms with Crippen molar-refractivity contribution in [3.63, 3.8) is 0 Å². The van der Waals surface area contributed by atoms with Crippen molar-refractivity contribution in [2.45, 2.75) is 0 Å². The number of para-hydroxylation sites is 1. The maximum Gasteiger partial charge on any atom is 0.373 e. The number of benzene rings is 2. The largest absolute Gasteiger partial charge is 0.497 e. The molecule has 0 aliphatic carbocycles. The third kappa shape index (κ3) is 5.03. The van der Waals surface area contributed by atoms with E-state index in [4.69, 9.17) is 21.1 Å². The Balaban J connectivity index is 2.11. The van der Waals surface area contributed by atoms with E-state index in [1.54, 1.807) is 36.4 Å². The van der Waals surface area contributed by atoms with E-state index in [1.165, 1.54) is 13.3 Å². The average molecular weight is 347 g/mol. The maximum atomic E-state index is 11.3. The Bertz CT molecular complexity index is 743. The molecule has 0 amide bonds. The van der Waals surface area contributed by atoms with Crippen molar-refractivity contribution < 1.29 is 19.4 Å². The van der Waals surface area contributed by atoms with Gasteiger partial charge in [0, 0.05) is 0 Å². The van der Waals surface area contributed by atoms with Crippen molar-refractivity contribution in [2.75, 3.05) is 12.5 Å². The molecular weight excluding hydrogens is 332 g/mol. The summed E-state index contributed by atoms with van der Waals surface area (Å²) < 4.78 is 10.3. The van der Waals surface area contributed by atoms with E-state index >= 15 is 0 Å². The van der Waals surface area contributed by atoms with Crippen molar-refractivity contribution in [3.8, 4) is 11.5 Å². The minimum atomic E-state index is -1.30. The number of nitrogens with one attached hydrogen (secondary N) is 1. The summed E-state index contributed by atoms with van der Waals surface area (Å²) in [6, 6.07) is 15.6. The van der Waals surface area contributed by atoms with Crippen LogP contribution in [0.15, 0.2) is 70.5 Å². The predicted octanol–water partition coefficient (Wildman–Crippen LogP) is 3.71. The van der Waals surface area contributed by atoms with E-state index in [-0.39, 0.29) is 5.03 Å². The van der Waals surface area contributed by atoms with Gasteiger partial charge in [-0.2, -0.15) is 5.10 Å². The van der Waals surface area contributed by atoms with Crippen LogP contribution in [0.3, 0.4) is 0 Å². The van der Waals surface area contributed by atoms with Crippen molar-refractivity contribution >= 4 is 29.5 Å². The number of hydrogen-bond acceptors (Lipinski definition) is 5. The maximum absolute atomic E-state index is 11.3. The molecule has 0 unspecified atom stereocenters. The van der Waals surface area contributed by atoms with Crippen LogP contribution in [0, 0.1) is 0 Å². The molecule has 2 aromatic carbocycles. The van der Waals surface area contributed by atoms with Crippen LogP contribution < -0.4 is 14.9 Å². The molecule has 124 valence electrons. The molecule has 0 atom stereocenters. The number of hydrogen-bond donors (Lipinski definition) is 2. The zero-order valence-corrected chi connectivity index (χ0v) is 13.5. The highest BCUT2D eigenvalue weighted by atomic mass is 35.5. The van der Waals surface area contributed by atoms with Gasteiger partial charge in [0.15, 0.2) is 0 Å². The lowest BCUT2D eigenvalue weighted by Crippen LogP contribution is -2.10. The summed E-state index contributed by atoms with van der Waals surface area (Å²) in [5.41, 5.74) is 3.48. The van der Waals surface area contributed by atoms with Gasteiger partial charge in [0.1, 0.15) is 16.5 Å². The molecule has 0 heterocycles. The highest BCUT2D eigenvalue weighted by Crippen LogP contribution is 2.21. The Morgan fingerprint density at radius 3 is 2.33 bits per heavy atom. The third-order valence-corrected chi connectivity index (χ3v) is 3.11. The number of rotatable bonds is 7. The number of halogens is 1. The van der Waals surface area contributed by atoms with E-state index in [1.807, 2.05) is 18.2 Å². The van der Waals surface area contributed by atoms with Crippen molar-refractivity contribution in [2.24, 2.45) is 5.10 Å². The monoisotopic (exact) mass is 346 g/mol. The number of carboxylic acid groups (broad SMARTS) is 1. The van der Waals surface area contributed by atoms with Gasteiger partial charge in [-0.25, -0.2) is 4.79 Å². The quantitative estimate of drug-likeness (QED) is 0.346. The first-order valence-corrected chi connectivity index (χ1v) is 7.27. The van der Waals surface area contributed by atoms with Gasteiger partial charge < -0.3 is 14.6 Å². The Kier molecular flexibility index (Phi) is 6.22. The molecular formula is C17H15ClN2O4. The summed E-state index contributed by atoms with van der Waals surface area (Å²) in [5.74, 6) is -0.791. The molecule has 24 heavy (non-hydrogen) atoms. The lowest BCUT2D eigenvalue weighted by atomic mass is 10.3. The minimum Gasteiger partial charge on any atom is -0.497 e. The van der Waals surface area contributed by atoms with Crippen molar-refractivity contribution in [1.29, 1.82) is 0 Å². The first-order chi connectivity index (χ1) is 11.6. The second-order valence-corrected chi connectivity index (χ2v) is 4.90. The molecule has 0 saturated carbocycles. The Labute approximate surface area is 144 Å². The number of carboxylic acids is 1. The van der Waals surface area contributed by atoms with Crippen LogP contribution in [-0.4, -0.2) is 24.4 Å². The number of methoxy groups -OCH3 is 1. The number of carbonyl (C=O) groups is 1. The SMILES string of the molecule is COc1ccc(O/C(C(=O)O)=C(\Cl)C=NNc2ccccc2)cc1. The summed E-state index contributed by atoms with van der Waals surface area (Å²) >= 11 is 5.98. The van der Waals surface area contributed by atoms with Gasteiger partial charge in [-0.05, 0) is 36.4 Å². The van der Waals surface area contributed by atoms with E-state index in [0.29, 0.717) is 11.5 Å². The molecule has 0 aliphatic rings. The molecule has 0 radical (unpaired) electrons. The topological polar surface area (TPSA) is 80.2 Å². The molecule has 0 saturated heterocycles. The van der Waals surface area contributed by atoms with Crippen molar-refractivity contribution in [3.05, 3.63) is 65.4 Å². The normalized spacial score (nSPS) is 11.8. The summed E-state index contributed by atoms with van der Waals surface area (Å²) in [7, 11) is 1.53. The molecule has 0 aromatic heterocycles. The highest BCUT2D eigenvalue weighted by molar-refractivity contribution is 6.41. The van der Waals surface area contributed by atoms with Crippen molar-refractivity contribution in [1.82, 2.24) is 0 Å². The van der Waals surface area contributed by atoms with Gasteiger partial charge in [-0.3, -0.25) is 5.43 Å². The van der Waals surface area contributed by atoms with Gasteiger partial charge in [0.05, 0.1) is 19.0 Å². The Morgan fingerprint density at radius 2 is 1.75 bits per heavy atom. The number of anilines is 1. The summed E-state index contributed by atoms with van der Waals surface area (Å²) in [4.78, 5) is 11.3. The zero-order chi connectivity index (χ0) is 17.4. The lowest BCUT2D eigenvalue weighted by Gasteiger charge is -2.08. The number of allylic oxidation sites excluding steroid dienone is 1.